The molecule has 0 radical (unpaired) electrons. The first-order valence-electron chi connectivity index (χ1n) is 6.68. The summed E-state index contributed by atoms with van der Waals surface area (Å²) in [7, 11) is 0. The predicted octanol–water partition coefficient (Wildman–Crippen LogP) is 2.79. The minimum absolute atomic E-state index is 0.308. The van der Waals surface area contributed by atoms with Crippen molar-refractivity contribution in [3.63, 3.8) is 0 Å². The SMILES string of the molecule is CCN(CC)CCNCCOc1ccc(F)cc1Cl. The second kappa shape index (κ2) is 9.13. The molecule has 0 amide bonds. The van der Waals surface area contributed by atoms with Gasteiger partial charge >= 0.3 is 0 Å². The third kappa shape index (κ3) is 6.23. The lowest BCUT2D eigenvalue weighted by Gasteiger charge is -2.18. The van der Waals surface area contributed by atoms with E-state index in [2.05, 4.69) is 24.1 Å². The van der Waals surface area contributed by atoms with Gasteiger partial charge in [-0.15, -0.1) is 0 Å². The Labute approximate surface area is 119 Å². The molecular weight excluding hydrogens is 267 g/mol. The van der Waals surface area contributed by atoms with Crippen LogP contribution < -0.4 is 10.1 Å². The van der Waals surface area contributed by atoms with Crippen molar-refractivity contribution in [2.75, 3.05) is 39.3 Å². The molecule has 0 atom stereocenters. The molecule has 0 aliphatic rings. The topological polar surface area (TPSA) is 24.5 Å². The van der Waals surface area contributed by atoms with E-state index in [-0.39, 0.29) is 5.82 Å². The third-order valence-corrected chi connectivity index (χ3v) is 3.22. The molecule has 3 nitrogen and oxygen atoms in total. The largest absolute Gasteiger partial charge is 0.491 e. The van der Waals surface area contributed by atoms with Crippen LogP contribution in [0, 0.1) is 5.82 Å². The molecule has 0 unspecified atom stereocenters. The van der Waals surface area contributed by atoms with E-state index in [0.29, 0.717) is 17.4 Å². The second-order valence-electron chi connectivity index (χ2n) is 4.20. The Morgan fingerprint density at radius 1 is 1.26 bits per heavy atom. The zero-order valence-electron chi connectivity index (χ0n) is 11.6. The molecule has 1 aromatic rings. The smallest absolute Gasteiger partial charge is 0.138 e. The quantitative estimate of drug-likeness (QED) is 0.707. The number of ether oxygens (including phenoxy) is 1. The van der Waals surface area contributed by atoms with Crippen molar-refractivity contribution in [3.05, 3.63) is 29.0 Å². The molecule has 0 saturated heterocycles. The fourth-order valence-electron chi connectivity index (χ4n) is 1.73. The minimum atomic E-state index is -0.352. The van der Waals surface area contributed by atoms with Gasteiger partial charge in [0.15, 0.2) is 0 Å². The van der Waals surface area contributed by atoms with Crippen molar-refractivity contribution in [3.8, 4) is 5.75 Å². The van der Waals surface area contributed by atoms with Gasteiger partial charge in [0.25, 0.3) is 0 Å². The van der Waals surface area contributed by atoms with Crippen LogP contribution in [0.25, 0.3) is 0 Å². The number of benzene rings is 1. The van der Waals surface area contributed by atoms with Crippen molar-refractivity contribution in [1.29, 1.82) is 0 Å². The molecule has 1 rings (SSSR count). The van der Waals surface area contributed by atoms with Gasteiger partial charge in [-0.2, -0.15) is 0 Å². The number of hydrogen-bond donors (Lipinski definition) is 1. The molecular formula is C14H22ClFN2O. The maximum Gasteiger partial charge on any atom is 0.138 e. The summed E-state index contributed by atoms with van der Waals surface area (Å²) in [6, 6.07) is 4.15. The van der Waals surface area contributed by atoms with Crippen LogP contribution in [0.5, 0.6) is 5.75 Å². The Bertz CT molecular complexity index is 372. The highest BCUT2D eigenvalue weighted by Gasteiger charge is 2.02. The van der Waals surface area contributed by atoms with Crippen LogP contribution in [0.4, 0.5) is 4.39 Å². The van der Waals surface area contributed by atoms with Crippen LogP contribution in [-0.2, 0) is 0 Å². The van der Waals surface area contributed by atoms with E-state index in [4.69, 9.17) is 16.3 Å². The number of rotatable bonds is 9. The summed E-state index contributed by atoms with van der Waals surface area (Å²) < 4.78 is 18.3. The first-order valence-corrected chi connectivity index (χ1v) is 7.06. The van der Waals surface area contributed by atoms with Gasteiger partial charge in [0.1, 0.15) is 18.2 Å². The zero-order valence-corrected chi connectivity index (χ0v) is 12.3. The van der Waals surface area contributed by atoms with Crippen molar-refractivity contribution in [1.82, 2.24) is 10.2 Å². The van der Waals surface area contributed by atoms with E-state index in [1.807, 2.05) is 0 Å². The summed E-state index contributed by atoms with van der Waals surface area (Å²) >= 11 is 5.86. The highest BCUT2D eigenvalue weighted by atomic mass is 35.5. The predicted molar refractivity (Wildman–Crippen MR) is 77.6 cm³/mol. The lowest BCUT2D eigenvalue weighted by Crippen LogP contribution is -2.33. The van der Waals surface area contributed by atoms with E-state index in [1.54, 1.807) is 6.07 Å². The van der Waals surface area contributed by atoms with Crippen LogP contribution >= 0.6 is 11.6 Å². The molecule has 0 aliphatic heterocycles. The van der Waals surface area contributed by atoms with Gasteiger partial charge in [-0.05, 0) is 31.3 Å². The summed E-state index contributed by atoms with van der Waals surface area (Å²) in [5, 5.41) is 3.61. The number of likely N-dealkylation sites (N-methyl/N-ethyl adjacent to an activating group) is 1. The van der Waals surface area contributed by atoms with Crippen LogP contribution in [0.15, 0.2) is 18.2 Å². The van der Waals surface area contributed by atoms with E-state index in [0.717, 1.165) is 32.7 Å². The van der Waals surface area contributed by atoms with Crippen molar-refractivity contribution in [2.45, 2.75) is 13.8 Å². The first-order chi connectivity index (χ1) is 9.17. The maximum atomic E-state index is 12.8. The molecule has 0 bridgehead atoms. The van der Waals surface area contributed by atoms with Crippen LogP contribution in [0.3, 0.4) is 0 Å². The van der Waals surface area contributed by atoms with Crippen molar-refractivity contribution >= 4 is 11.6 Å². The summed E-state index contributed by atoms with van der Waals surface area (Å²) in [6.45, 7) is 9.68. The van der Waals surface area contributed by atoms with Gasteiger partial charge in [0, 0.05) is 19.6 Å². The van der Waals surface area contributed by atoms with Crippen LogP contribution in [-0.4, -0.2) is 44.2 Å². The highest BCUT2D eigenvalue weighted by Crippen LogP contribution is 2.24. The number of halogens is 2. The first kappa shape index (κ1) is 16.2. The minimum Gasteiger partial charge on any atom is -0.491 e. The fourth-order valence-corrected chi connectivity index (χ4v) is 1.95. The van der Waals surface area contributed by atoms with Crippen molar-refractivity contribution in [2.24, 2.45) is 0 Å². The molecule has 0 fully saturated rings. The lowest BCUT2D eigenvalue weighted by molar-refractivity contribution is 0.285. The van der Waals surface area contributed by atoms with Gasteiger partial charge in [0.2, 0.25) is 0 Å². The molecule has 0 aliphatic carbocycles. The molecule has 0 saturated carbocycles. The lowest BCUT2D eigenvalue weighted by atomic mass is 10.3. The van der Waals surface area contributed by atoms with E-state index in [1.165, 1.54) is 12.1 Å². The monoisotopic (exact) mass is 288 g/mol. The summed E-state index contributed by atoms with van der Waals surface area (Å²) in [5.74, 6) is 0.170. The van der Waals surface area contributed by atoms with Crippen LogP contribution in [0.1, 0.15) is 13.8 Å². The van der Waals surface area contributed by atoms with Gasteiger partial charge in [0.05, 0.1) is 5.02 Å². The molecule has 0 aromatic heterocycles. The molecule has 108 valence electrons. The summed E-state index contributed by atoms with van der Waals surface area (Å²) in [5.41, 5.74) is 0. The Morgan fingerprint density at radius 2 is 2.00 bits per heavy atom. The molecule has 5 heteroatoms. The molecule has 19 heavy (non-hydrogen) atoms. The molecule has 0 heterocycles. The van der Waals surface area contributed by atoms with Gasteiger partial charge in [-0.3, -0.25) is 0 Å². The summed E-state index contributed by atoms with van der Waals surface area (Å²) in [6.07, 6.45) is 0. The standard InChI is InChI=1S/C14H22ClFN2O/c1-3-18(4-2)9-7-17-8-10-19-14-6-5-12(16)11-13(14)15/h5-6,11,17H,3-4,7-10H2,1-2H3. The fraction of sp³-hybridized carbons (Fsp3) is 0.571. The van der Waals surface area contributed by atoms with Gasteiger partial charge in [-0.1, -0.05) is 25.4 Å². The third-order valence-electron chi connectivity index (χ3n) is 2.93. The maximum absolute atomic E-state index is 12.8. The molecule has 1 N–H and O–H groups in total. The molecule has 1 aromatic carbocycles. The number of nitrogens with one attached hydrogen (secondary N) is 1. The number of nitrogens with zero attached hydrogens (tertiary/aromatic N) is 1. The van der Waals surface area contributed by atoms with Gasteiger partial charge < -0.3 is 15.0 Å². The highest BCUT2D eigenvalue weighted by molar-refractivity contribution is 6.32. The second-order valence-corrected chi connectivity index (χ2v) is 4.61. The average molecular weight is 289 g/mol. The van der Waals surface area contributed by atoms with E-state index < -0.39 is 0 Å². The van der Waals surface area contributed by atoms with Crippen LogP contribution in [0.2, 0.25) is 5.02 Å². The van der Waals surface area contributed by atoms with Crippen molar-refractivity contribution < 1.29 is 9.13 Å². The molecule has 0 spiro atoms. The Morgan fingerprint density at radius 3 is 2.63 bits per heavy atom. The van der Waals surface area contributed by atoms with E-state index in [9.17, 15) is 4.39 Å². The number of hydrogen-bond acceptors (Lipinski definition) is 3. The average Bonchev–Trinajstić information content (AvgIpc) is 2.40. The van der Waals surface area contributed by atoms with Gasteiger partial charge in [-0.25, -0.2) is 4.39 Å². The normalized spacial score (nSPS) is 11.0. The van der Waals surface area contributed by atoms with E-state index >= 15 is 0 Å². The Hall–Kier alpha value is -0.840. The zero-order chi connectivity index (χ0) is 14.1. The Balaban J connectivity index is 2.14. The summed E-state index contributed by atoms with van der Waals surface area (Å²) in [4.78, 5) is 2.35. The Kier molecular flexibility index (Phi) is 7.79.